The third-order valence-electron chi connectivity index (χ3n) is 2.83. The van der Waals surface area contributed by atoms with Gasteiger partial charge in [0.25, 0.3) is 5.95 Å². The van der Waals surface area contributed by atoms with Gasteiger partial charge in [0.1, 0.15) is 0 Å². The topological polar surface area (TPSA) is 71.8 Å². The first kappa shape index (κ1) is 15.6. The van der Waals surface area contributed by atoms with Gasteiger partial charge in [0, 0.05) is 38.3 Å². The smallest absolute Gasteiger partial charge is 0.257 e. The molecule has 0 fully saturated rings. The molecule has 0 aromatic carbocycles. The minimum Gasteiger partial charge on any atom is -0.354 e. The summed E-state index contributed by atoms with van der Waals surface area (Å²) in [7, 11) is 1.99. The van der Waals surface area contributed by atoms with Crippen molar-refractivity contribution in [3.63, 3.8) is 0 Å². The van der Waals surface area contributed by atoms with Crippen LogP contribution >= 0.6 is 11.8 Å². The molecule has 0 aliphatic rings. The number of nitrogens with zero attached hydrogens (tertiary/aromatic N) is 6. The van der Waals surface area contributed by atoms with Gasteiger partial charge in [-0.1, -0.05) is 6.92 Å². The Bertz CT molecular complexity index is 543. The van der Waals surface area contributed by atoms with Gasteiger partial charge in [-0.15, -0.1) is 0 Å². The molecule has 0 aliphatic carbocycles. The Morgan fingerprint density at radius 2 is 2.19 bits per heavy atom. The lowest BCUT2D eigenvalue weighted by Gasteiger charge is -2.17. The zero-order valence-corrected chi connectivity index (χ0v) is 13.5. The summed E-state index contributed by atoms with van der Waals surface area (Å²) < 4.78 is 1.64. The summed E-state index contributed by atoms with van der Waals surface area (Å²) in [6, 6.07) is 1.85. The van der Waals surface area contributed by atoms with Crippen molar-refractivity contribution in [2.75, 3.05) is 42.4 Å². The molecule has 0 amide bonds. The molecule has 8 heteroatoms. The summed E-state index contributed by atoms with van der Waals surface area (Å²) in [5.41, 5.74) is 0. The zero-order valence-electron chi connectivity index (χ0n) is 12.7. The van der Waals surface area contributed by atoms with Crippen LogP contribution in [0.5, 0.6) is 0 Å². The average Bonchev–Trinajstić information content (AvgIpc) is 3.04. The SMILES string of the molecule is CCCNc1nc(N(C)CCSC)nc(-n2cccn2)n1. The van der Waals surface area contributed by atoms with Crippen molar-refractivity contribution in [3.05, 3.63) is 18.5 Å². The summed E-state index contributed by atoms with van der Waals surface area (Å²) in [6.07, 6.45) is 6.63. The van der Waals surface area contributed by atoms with Crippen LogP contribution in [0.1, 0.15) is 13.3 Å². The maximum Gasteiger partial charge on any atom is 0.257 e. The molecular formula is C13H21N7S. The molecule has 0 unspecified atom stereocenters. The second-order valence-electron chi connectivity index (χ2n) is 4.55. The van der Waals surface area contributed by atoms with E-state index >= 15 is 0 Å². The van der Waals surface area contributed by atoms with Gasteiger partial charge in [0.15, 0.2) is 0 Å². The maximum atomic E-state index is 4.49. The van der Waals surface area contributed by atoms with E-state index in [0.29, 0.717) is 17.8 Å². The number of rotatable bonds is 8. The van der Waals surface area contributed by atoms with Gasteiger partial charge >= 0.3 is 0 Å². The van der Waals surface area contributed by atoms with Crippen molar-refractivity contribution in [2.45, 2.75) is 13.3 Å². The molecule has 1 N–H and O–H groups in total. The number of anilines is 2. The minimum absolute atomic E-state index is 0.527. The second-order valence-corrected chi connectivity index (χ2v) is 5.54. The van der Waals surface area contributed by atoms with Crippen molar-refractivity contribution >= 4 is 23.7 Å². The molecule has 7 nitrogen and oxygen atoms in total. The van der Waals surface area contributed by atoms with E-state index in [1.807, 2.05) is 24.2 Å². The highest BCUT2D eigenvalue weighted by Gasteiger charge is 2.11. The van der Waals surface area contributed by atoms with Crippen LogP contribution in [0, 0.1) is 0 Å². The van der Waals surface area contributed by atoms with E-state index in [4.69, 9.17) is 0 Å². The van der Waals surface area contributed by atoms with Gasteiger partial charge in [-0.2, -0.15) is 31.8 Å². The van der Waals surface area contributed by atoms with Crippen molar-refractivity contribution in [3.8, 4) is 5.95 Å². The molecule has 21 heavy (non-hydrogen) atoms. The molecule has 0 spiro atoms. The highest BCUT2D eigenvalue weighted by molar-refractivity contribution is 7.98. The number of thioether (sulfide) groups is 1. The molecule has 0 saturated carbocycles. The summed E-state index contributed by atoms with van der Waals surface area (Å²) in [5.74, 6) is 2.79. The predicted octanol–water partition coefficient (Wildman–Crippen LogP) is 1.68. The standard InChI is InChI=1S/C13H21N7S/c1-4-6-14-11-16-12(19(2)9-10-21-3)18-13(17-11)20-8-5-7-15-20/h5,7-8H,4,6,9-10H2,1-3H3,(H,14,16,17,18). The van der Waals surface area contributed by atoms with E-state index in [-0.39, 0.29) is 0 Å². The normalized spacial score (nSPS) is 10.6. The molecule has 114 valence electrons. The molecule has 2 aromatic rings. The average molecular weight is 307 g/mol. The van der Waals surface area contributed by atoms with Gasteiger partial charge in [-0.05, 0) is 18.7 Å². The molecule has 2 heterocycles. The molecule has 0 saturated heterocycles. The molecule has 0 bridgehead atoms. The number of hydrogen-bond donors (Lipinski definition) is 1. The fraction of sp³-hybridized carbons (Fsp3) is 0.538. The third kappa shape index (κ3) is 4.32. The second kappa shape index (κ2) is 7.82. The van der Waals surface area contributed by atoms with Gasteiger partial charge in [0.05, 0.1) is 0 Å². The highest BCUT2D eigenvalue weighted by atomic mass is 32.2. The molecule has 0 aliphatic heterocycles. The van der Waals surface area contributed by atoms with Crippen LogP contribution in [0.15, 0.2) is 18.5 Å². The van der Waals surface area contributed by atoms with Crippen LogP contribution in [0.2, 0.25) is 0 Å². The van der Waals surface area contributed by atoms with Crippen LogP contribution in [-0.2, 0) is 0 Å². The quantitative estimate of drug-likeness (QED) is 0.795. The first-order valence-corrected chi connectivity index (χ1v) is 8.34. The molecule has 0 radical (unpaired) electrons. The Labute approximate surface area is 129 Å². The van der Waals surface area contributed by atoms with E-state index in [1.165, 1.54) is 0 Å². The minimum atomic E-state index is 0.527. The lowest BCUT2D eigenvalue weighted by molar-refractivity contribution is 0.779. The Morgan fingerprint density at radius 3 is 2.86 bits per heavy atom. The molecule has 2 rings (SSSR count). The van der Waals surface area contributed by atoms with Gasteiger partial charge in [-0.25, -0.2) is 4.68 Å². The lowest BCUT2D eigenvalue weighted by Crippen LogP contribution is -2.24. The summed E-state index contributed by atoms with van der Waals surface area (Å²) in [4.78, 5) is 15.4. The van der Waals surface area contributed by atoms with Crippen molar-refractivity contribution in [1.29, 1.82) is 0 Å². The van der Waals surface area contributed by atoms with Crippen LogP contribution in [-0.4, -0.2) is 56.9 Å². The summed E-state index contributed by atoms with van der Waals surface area (Å²) in [5, 5.41) is 7.40. The largest absolute Gasteiger partial charge is 0.354 e. The van der Waals surface area contributed by atoms with E-state index in [1.54, 1.807) is 22.6 Å². The van der Waals surface area contributed by atoms with Crippen molar-refractivity contribution in [2.24, 2.45) is 0 Å². The summed E-state index contributed by atoms with van der Waals surface area (Å²) in [6.45, 7) is 3.82. The van der Waals surface area contributed by atoms with Crippen molar-refractivity contribution in [1.82, 2.24) is 24.7 Å². The first-order valence-electron chi connectivity index (χ1n) is 6.94. The van der Waals surface area contributed by atoms with Crippen molar-refractivity contribution < 1.29 is 0 Å². The molecule has 2 aromatic heterocycles. The first-order chi connectivity index (χ1) is 10.2. The van der Waals surface area contributed by atoms with E-state index in [2.05, 4.69) is 38.5 Å². The third-order valence-corrected chi connectivity index (χ3v) is 3.42. The molecular weight excluding hydrogens is 286 g/mol. The Morgan fingerprint density at radius 1 is 1.33 bits per heavy atom. The molecule has 0 atom stereocenters. The number of nitrogens with one attached hydrogen (secondary N) is 1. The predicted molar refractivity (Wildman–Crippen MR) is 87.4 cm³/mol. The van der Waals surface area contributed by atoms with E-state index < -0.39 is 0 Å². The van der Waals surface area contributed by atoms with Crippen LogP contribution in [0.4, 0.5) is 11.9 Å². The van der Waals surface area contributed by atoms with Crippen LogP contribution < -0.4 is 10.2 Å². The highest BCUT2D eigenvalue weighted by Crippen LogP contribution is 2.12. The van der Waals surface area contributed by atoms with Gasteiger partial charge < -0.3 is 10.2 Å². The van der Waals surface area contributed by atoms with E-state index in [0.717, 1.165) is 25.3 Å². The lowest BCUT2D eigenvalue weighted by atomic mass is 10.5. The van der Waals surface area contributed by atoms with Crippen LogP contribution in [0.3, 0.4) is 0 Å². The van der Waals surface area contributed by atoms with Crippen LogP contribution in [0.25, 0.3) is 5.95 Å². The Kier molecular flexibility index (Phi) is 5.79. The Balaban J connectivity index is 2.28. The number of hydrogen-bond acceptors (Lipinski definition) is 7. The van der Waals surface area contributed by atoms with E-state index in [9.17, 15) is 0 Å². The van der Waals surface area contributed by atoms with Gasteiger partial charge in [0.2, 0.25) is 11.9 Å². The van der Waals surface area contributed by atoms with Gasteiger partial charge in [-0.3, -0.25) is 0 Å². The number of aromatic nitrogens is 5. The fourth-order valence-corrected chi connectivity index (χ4v) is 2.11. The zero-order chi connectivity index (χ0) is 15.1. The summed E-state index contributed by atoms with van der Waals surface area (Å²) >= 11 is 1.80. The maximum absolute atomic E-state index is 4.49. The fourth-order valence-electron chi connectivity index (χ4n) is 1.66. The Hall–Kier alpha value is -1.83. The monoisotopic (exact) mass is 307 g/mol.